The van der Waals surface area contributed by atoms with Crippen molar-refractivity contribution in [2.75, 3.05) is 6.61 Å². The van der Waals surface area contributed by atoms with Crippen LogP contribution in [0.2, 0.25) is 18.1 Å². The minimum absolute atomic E-state index is 0.0117. The molecule has 1 amide bonds. The van der Waals surface area contributed by atoms with Crippen molar-refractivity contribution in [2.45, 2.75) is 96.3 Å². The molecule has 2 unspecified atom stereocenters. The number of nitro benzene ring substituents is 1. The quantitative estimate of drug-likeness (QED) is 0.0714. The summed E-state index contributed by atoms with van der Waals surface area (Å²) in [4.78, 5) is 27.9. The molecule has 7 nitrogen and oxygen atoms in total. The molecule has 0 saturated carbocycles. The molecule has 2 heterocycles. The molecule has 2 aliphatic heterocycles. The van der Waals surface area contributed by atoms with E-state index in [-0.39, 0.29) is 40.6 Å². The number of hydrogen-bond acceptors (Lipinski definition) is 6. The average Bonchev–Trinajstić information content (AvgIpc) is 2.91. The molecule has 0 spiro atoms. The second-order valence-electron chi connectivity index (χ2n) is 13.2. The molecule has 2 aromatic carbocycles. The number of hydrogen-bond donors (Lipinski definition) is 0. The van der Waals surface area contributed by atoms with Crippen LogP contribution < -0.4 is 0 Å². The fourth-order valence-electron chi connectivity index (χ4n) is 6.06. The third-order valence-electron chi connectivity index (χ3n) is 9.36. The van der Waals surface area contributed by atoms with E-state index < -0.39 is 19.0 Å². The Labute approximate surface area is 250 Å². The van der Waals surface area contributed by atoms with E-state index in [1.165, 1.54) is 12.1 Å². The van der Waals surface area contributed by atoms with Crippen LogP contribution in [0.5, 0.6) is 0 Å². The van der Waals surface area contributed by atoms with E-state index in [1.54, 1.807) is 12.1 Å². The van der Waals surface area contributed by atoms with Crippen LogP contribution in [-0.4, -0.2) is 53.4 Å². The van der Waals surface area contributed by atoms with Crippen LogP contribution in [-0.2, 0) is 20.4 Å². The molecule has 2 fully saturated rings. The largest absolute Gasteiger partial charge is 0.413 e. The van der Waals surface area contributed by atoms with Crippen LogP contribution in [0.1, 0.15) is 65.0 Å². The molecule has 222 valence electrons. The Balaban J connectivity index is 1.72. The van der Waals surface area contributed by atoms with Crippen molar-refractivity contribution in [3.05, 3.63) is 75.8 Å². The molecule has 2 aromatic rings. The van der Waals surface area contributed by atoms with Gasteiger partial charge in [0.2, 0.25) is 5.91 Å². The molecule has 2 aliphatic rings. The van der Waals surface area contributed by atoms with E-state index in [2.05, 4.69) is 40.8 Å². The minimum Gasteiger partial charge on any atom is -0.413 e. The van der Waals surface area contributed by atoms with Crippen molar-refractivity contribution >= 4 is 37.0 Å². The first-order valence-corrected chi connectivity index (χ1v) is 18.0. The zero-order valence-electron chi connectivity index (χ0n) is 25.4. The van der Waals surface area contributed by atoms with E-state index in [0.717, 1.165) is 28.8 Å². The number of likely N-dealkylation sites (tertiary alicyclic amines) is 1. The first kappa shape index (κ1) is 31.5. The standard InChI is InChI=1S/C32H44N2O5SSi/c1-22(29(40)25-13-9-8-10-14-25)28-27(23(2)39-41(6,7)31(3,4)5)30(35)33(28)32(19-11-12-20-38-32)21-24-15-17-26(18-16-24)34(36)37/h8-10,13-18,22-23,27-28H,11-12,19-21H2,1-7H3/t22?,23-,27-,28-,32?/m1/s1. The number of ether oxygens (including phenoxy) is 1. The van der Waals surface area contributed by atoms with Crippen molar-refractivity contribution < 1.29 is 18.9 Å². The second-order valence-corrected chi connectivity index (χ2v) is 18.4. The minimum atomic E-state index is -2.14. The van der Waals surface area contributed by atoms with Gasteiger partial charge in [-0.1, -0.05) is 82.4 Å². The number of nitrogens with zero attached hydrogens (tertiary/aromatic N) is 2. The molecule has 0 radical (unpaired) electrons. The van der Waals surface area contributed by atoms with Crippen LogP contribution in [0.4, 0.5) is 5.69 Å². The lowest BCUT2D eigenvalue weighted by Crippen LogP contribution is -2.76. The average molecular weight is 597 g/mol. The van der Waals surface area contributed by atoms with Crippen molar-refractivity contribution in [2.24, 2.45) is 11.8 Å². The number of non-ortho nitro benzene ring substituents is 1. The maximum Gasteiger partial charge on any atom is 0.269 e. The van der Waals surface area contributed by atoms with E-state index in [4.69, 9.17) is 21.4 Å². The molecular formula is C32H44N2O5SSi. The number of β-lactam (4-membered cyclic amide) rings is 1. The maximum atomic E-state index is 14.3. The van der Waals surface area contributed by atoms with Gasteiger partial charge in [0.25, 0.3) is 5.69 Å². The molecule has 2 saturated heterocycles. The van der Waals surface area contributed by atoms with Crippen molar-refractivity contribution in [3.63, 3.8) is 0 Å². The Morgan fingerprint density at radius 2 is 1.78 bits per heavy atom. The molecule has 4 rings (SSSR count). The monoisotopic (exact) mass is 596 g/mol. The van der Waals surface area contributed by atoms with Crippen molar-refractivity contribution in [1.29, 1.82) is 0 Å². The second kappa shape index (κ2) is 12.0. The number of rotatable bonds is 10. The van der Waals surface area contributed by atoms with E-state index >= 15 is 0 Å². The highest BCUT2D eigenvalue weighted by molar-refractivity contribution is 7.80. The third-order valence-corrected chi connectivity index (χ3v) is 14.5. The van der Waals surface area contributed by atoms with E-state index in [1.807, 2.05) is 42.2 Å². The molecule has 0 aliphatic carbocycles. The van der Waals surface area contributed by atoms with Gasteiger partial charge in [0.05, 0.1) is 23.0 Å². The van der Waals surface area contributed by atoms with Gasteiger partial charge in [0.15, 0.2) is 8.32 Å². The molecule has 5 atom stereocenters. The number of benzene rings is 2. The van der Waals surface area contributed by atoms with Gasteiger partial charge in [0.1, 0.15) is 5.72 Å². The summed E-state index contributed by atoms with van der Waals surface area (Å²) < 4.78 is 13.4. The SMILES string of the molecule is CC(C(=S)c1ccccc1)[C@@H]1[C@@H]([C@@H](C)O[Si](C)(C)C(C)(C)C)C(=O)N1C1(Cc2ccc([N+](=O)[O-])cc2)CCCCO1. The van der Waals surface area contributed by atoms with Crippen LogP contribution in [0.3, 0.4) is 0 Å². The Bertz CT molecular complexity index is 1260. The van der Waals surface area contributed by atoms with Gasteiger partial charge in [-0.05, 0) is 55.4 Å². The maximum absolute atomic E-state index is 14.3. The first-order chi connectivity index (χ1) is 19.2. The number of thiocarbonyl (C=S) groups is 1. The van der Waals surface area contributed by atoms with Crippen LogP contribution in [0.15, 0.2) is 54.6 Å². The summed E-state index contributed by atoms with van der Waals surface area (Å²) in [5.74, 6) is -0.424. The fourth-order valence-corrected chi connectivity index (χ4v) is 7.76. The van der Waals surface area contributed by atoms with Crippen molar-refractivity contribution in [1.82, 2.24) is 4.90 Å². The van der Waals surface area contributed by atoms with E-state index in [0.29, 0.717) is 19.4 Å². The molecule has 41 heavy (non-hydrogen) atoms. The number of amides is 1. The molecular weight excluding hydrogens is 553 g/mol. The van der Waals surface area contributed by atoms with Crippen LogP contribution in [0.25, 0.3) is 0 Å². The number of carbonyl (C=O) groups excluding carboxylic acids is 1. The zero-order valence-corrected chi connectivity index (χ0v) is 27.2. The Hall–Kier alpha value is -2.46. The van der Waals surface area contributed by atoms with Crippen molar-refractivity contribution in [3.8, 4) is 0 Å². The summed E-state index contributed by atoms with van der Waals surface area (Å²) in [6.45, 7) is 15.8. The summed E-state index contributed by atoms with van der Waals surface area (Å²) in [5, 5.41) is 11.2. The van der Waals surface area contributed by atoms with Crippen LogP contribution in [0, 0.1) is 22.0 Å². The lowest BCUT2D eigenvalue weighted by molar-refractivity contribution is -0.384. The Kier molecular flexibility index (Phi) is 9.24. The van der Waals surface area contributed by atoms with Gasteiger partial charge < -0.3 is 14.1 Å². The van der Waals surface area contributed by atoms with Gasteiger partial charge in [0, 0.05) is 35.9 Å². The smallest absolute Gasteiger partial charge is 0.269 e. The Morgan fingerprint density at radius 1 is 1.15 bits per heavy atom. The van der Waals surface area contributed by atoms with Crippen LogP contribution >= 0.6 is 12.2 Å². The lowest BCUT2D eigenvalue weighted by Gasteiger charge is -2.61. The van der Waals surface area contributed by atoms with E-state index in [9.17, 15) is 14.9 Å². The predicted octanol–water partition coefficient (Wildman–Crippen LogP) is 7.33. The highest BCUT2D eigenvalue weighted by atomic mass is 32.1. The number of nitro groups is 1. The summed E-state index contributed by atoms with van der Waals surface area (Å²) >= 11 is 6.05. The highest BCUT2D eigenvalue weighted by Gasteiger charge is 2.61. The van der Waals surface area contributed by atoms with Gasteiger partial charge in [-0.2, -0.15) is 0 Å². The normalized spacial score (nSPS) is 24.9. The first-order valence-electron chi connectivity index (χ1n) is 14.7. The number of carbonyl (C=O) groups is 1. The zero-order chi connectivity index (χ0) is 30.2. The van der Waals surface area contributed by atoms with Gasteiger partial charge in [-0.3, -0.25) is 14.9 Å². The van der Waals surface area contributed by atoms with Gasteiger partial charge in [-0.15, -0.1) is 0 Å². The van der Waals surface area contributed by atoms with Gasteiger partial charge >= 0.3 is 0 Å². The summed E-state index contributed by atoms with van der Waals surface area (Å²) in [6, 6.07) is 16.4. The molecule has 0 N–H and O–H groups in total. The summed E-state index contributed by atoms with van der Waals surface area (Å²) in [7, 11) is -2.14. The predicted molar refractivity (Wildman–Crippen MR) is 169 cm³/mol. The summed E-state index contributed by atoms with van der Waals surface area (Å²) in [5.41, 5.74) is 1.09. The highest BCUT2D eigenvalue weighted by Crippen LogP contribution is 2.48. The third kappa shape index (κ3) is 6.33. The van der Waals surface area contributed by atoms with Gasteiger partial charge in [-0.25, -0.2) is 0 Å². The Morgan fingerprint density at radius 3 is 2.32 bits per heavy atom. The topological polar surface area (TPSA) is 81.9 Å². The fraction of sp³-hybridized carbons (Fsp3) is 0.562. The molecule has 9 heteroatoms. The molecule has 0 bridgehead atoms. The lowest BCUT2D eigenvalue weighted by atomic mass is 9.71. The summed E-state index contributed by atoms with van der Waals surface area (Å²) in [6.07, 6.45) is 2.75. The molecule has 0 aromatic heterocycles.